The number of benzene rings is 4. The van der Waals surface area contributed by atoms with Gasteiger partial charge >= 0.3 is 0 Å². The molecule has 0 heterocycles. The number of hydrogen-bond donors (Lipinski definition) is 2. The molecule has 0 aliphatic heterocycles. The molecule has 4 aromatic carbocycles. The van der Waals surface area contributed by atoms with Crippen molar-refractivity contribution in [3.05, 3.63) is 108 Å². The Labute approximate surface area is 172 Å². The fourth-order valence-electron chi connectivity index (χ4n) is 3.90. The second-order valence-electron chi connectivity index (χ2n) is 7.23. The van der Waals surface area contributed by atoms with Crippen LogP contribution in [-0.4, -0.2) is 21.8 Å². The molecule has 0 spiro atoms. The van der Waals surface area contributed by atoms with E-state index in [1.54, 1.807) is 24.3 Å². The minimum atomic E-state index is -0.773. The number of allylic oxidation sites excluding steroid dienone is 2. The van der Waals surface area contributed by atoms with Gasteiger partial charge in [-0.3, -0.25) is 9.59 Å². The minimum Gasteiger partial charge on any atom is -0.504 e. The lowest BCUT2D eigenvalue weighted by Gasteiger charge is -2.19. The van der Waals surface area contributed by atoms with Gasteiger partial charge in [0.2, 0.25) is 11.6 Å². The first-order valence-electron chi connectivity index (χ1n) is 9.49. The third kappa shape index (κ3) is 2.70. The predicted molar refractivity (Wildman–Crippen MR) is 117 cm³/mol. The molecule has 1 aliphatic carbocycles. The van der Waals surface area contributed by atoms with Crippen molar-refractivity contribution in [3.8, 4) is 0 Å². The fraction of sp³-hybridized carbons (Fsp3) is 0. The quantitative estimate of drug-likeness (QED) is 0.449. The summed E-state index contributed by atoms with van der Waals surface area (Å²) in [4.78, 5) is 26.0. The van der Waals surface area contributed by atoms with Gasteiger partial charge in [0.15, 0.2) is 11.5 Å². The van der Waals surface area contributed by atoms with Crippen LogP contribution in [-0.2, 0) is 9.59 Å². The van der Waals surface area contributed by atoms with Crippen molar-refractivity contribution in [2.24, 2.45) is 0 Å². The van der Waals surface area contributed by atoms with Crippen molar-refractivity contribution in [2.45, 2.75) is 0 Å². The van der Waals surface area contributed by atoms with Gasteiger partial charge in [0.1, 0.15) is 0 Å². The zero-order valence-corrected chi connectivity index (χ0v) is 15.8. The van der Waals surface area contributed by atoms with Gasteiger partial charge in [-0.15, -0.1) is 0 Å². The predicted octanol–water partition coefficient (Wildman–Crippen LogP) is 5.38. The van der Waals surface area contributed by atoms with Crippen LogP contribution in [0.25, 0.3) is 32.7 Å². The molecule has 5 rings (SSSR count). The summed E-state index contributed by atoms with van der Waals surface area (Å²) in [5.74, 6) is -2.86. The van der Waals surface area contributed by atoms with Crippen LogP contribution in [0.15, 0.2) is 96.4 Å². The lowest BCUT2D eigenvalue weighted by Crippen LogP contribution is -2.22. The fourth-order valence-corrected chi connectivity index (χ4v) is 3.90. The second kappa shape index (κ2) is 6.71. The van der Waals surface area contributed by atoms with Crippen molar-refractivity contribution in [3.63, 3.8) is 0 Å². The normalized spacial score (nSPS) is 14.8. The number of carbonyl (C=O) groups excluding carboxylic acids is 2. The Morgan fingerprint density at radius 1 is 0.467 bits per heavy atom. The van der Waals surface area contributed by atoms with Gasteiger partial charge in [-0.2, -0.15) is 0 Å². The number of ketones is 2. The summed E-state index contributed by atoms with van der Waals surface area (Å²) in [5.41, 5.74) is 0.392. The molecule has 0 bridgehead atoms. The molecule has 0 saturated carbocycles. The summed E-state index contributed by atoms with van der Waals surface area (Å²) in [6.07, 6.45) is 0. The van der Waals surface area contributed by atoms with E-state index in [0.29, 0.717) is 11.1 Å². The standard InChI is InChI=1S/C26H16O4/c27-23-21(19-11-9-15-5-1-3-7-17(15)13-19)24(28)26(30)22(25(23)29)20-12-10-16-6-2-4-8-18(16)14-20/h1-14,27,30H. The van der Waals surface area contributed by atoms with Crippen LogP contribution in [0, 0.1) is 0 Å². The maximum atomic E-state index is 13.0. The SMILES string of the molecule is O=C1C(O)=C(c2ccc3ccccc3c2)C(=O)C(O)=C1c1ccc2ccccc2c1. The third-order valence-electron chi connectivity index (χ3n) is 5.43. The largest absolute Gasteiger partial charge is 0.504 e. The Morgan fingerprint density at radius 3 is 1.23 bits per heavy atom. The minimum absolute atomic E-state index is 0.187. The van der Waals surface area contributed by atoms with Gasteiger partial charge in [-0.25, -0.2) is 0 Å². The van der Waals surface area contributed by atoms with E-state index in [1.807, 2.05) is 60.7 Å². The van der Waals surface area contributed by atoms with Gasteiger partial charge in [0.25, 0.3) is 0 Å². The number of fused-ring (bicyclic) bond motifs is 2. The number of carbonyl (C=O) groups is 2. The van der Waals surface area contributed by atoms with E-state index in [-0.39, 0.29) is 11.1 Å². The molecule has 0 saturated heterocycles. The molecule has 4 nitrogen and oxygen atoms in total. The maximum Gasteiger partial charge on any atom is 0.232 e. The van der Waals surface area contributed by atoms with Crippen LogP contribution in [0.2, 0.25) is 0 Å². The van der Waals surface area contributed by atoms with Gasteiger partial charge in [-0.05, 0) is 44.8 Å². The molecule has 0 fully saturated rings. The van der Waals surface area contributed by atoms with Gasteiger partial charge in [-0.1, -0.05) is 72.8 Å². The summed E-state index contributed by atoms with van der Waals surface area (Å²) in [7, 11) is 0. The number of hydrogen-bond acceptors (Lipinski definition) is 4. The van der Waals surface area contributed by atoms with Crippen molar-refractivity contribution in [2.75, 3.05) is 0 Å². The molecule has 144 valence electrons. The Bertz CT molecular complexity index is 1330. The van der Waals surface area contributed by atoms with E-state index in [0.717, 1.165) is 21.5 Å². The van der Waals surface area contributed by atoms with E-state index in [4.69, 9.17) is 0 Å². The van der Waals surface area contributed by atoms with E-state index in [9.17, 15) is 19.8 Å². The van der Waals surface area contributed by atoms with E-state index >= 15 is 0 Å². The first-order chi connectivity index (χ1) is 14.5. The van der Waals surface area contributed by atoms with Crippen molar-refractivity contribution in [1.82, 2.24) is 0 Å². The van der Waals surface area contributed by atoms with Crippen molar-refractivity contribution >= 4 is 44.3 Å². The smallest absolute Gasteiger partial charge is 0.232 e. The van der Waals surface area contributed by atoms with Crippen LogP contribution in [0.4, 0.5) is 0 Å². The Morgan fingerprint density at radius 2 is 0.833 bits per heavy atom. The number of aliphatic hydroxyl groups is 2. The summed E-state index contributed by atoms with van der Waals surface area (Å²) in [5, 5.41) is 25.0. The first-order valence-corrected chi connectivity index (χ1v) is 9.49. The highest BCUT2D eigenvalue weighted by Gasteiger charge is 2.36. The monoisotopic (exact) mass is 392 g/mol. The van der Waals surface area contributed by atoms with Crippen LogP contribution >= 0.6 is 0 Å². The van der Waals surface area contributed by atoms with E-state index in [2.05, 4.69) is 0 Å². The Balaban J connectivity index is 1.64. The average Bonchev–Trinajstić information content (AvgIpc) is 2.78. The zero-order chi connectivity index (χ0) is 20.8. The van der Waals surface area contributed by atoms with Crippen molar-refractivity contribution in [1.29, 1.82) is 0 Å². The molecule has 0 amide bonds. The highest BCUT2D eigenvalue weighted by molar-refractivity contribution is 6.46. The molecule has 4 aromatic rings. The zero-order valence-electron chi connectivity index (χ0n) is 15.8. The molecule has 1 aliphatic rings. The molecule has 2 N–H and O–H groups in total. The lowest BCUT2D eigenvalue weighted by atomic mass is 9.85. The van der Waals surface area contributed by atoms with Crippen LogP contribution < -0.4 is 0 Å². The van der Waals surface area contributed by atoms with E-state index in [1.165, 1.54) is 0 Å². The number of aliphatic hydroxyl groups excluding tert-OH is 2. The molecular weight excluding hydrogens is 376 g/mol. The van der Waals surface area contributed by atoms with Crippen LogP contribution in [0.1, 0.15) is 11.1 Å². The molecule has 0 unspecified atom stereocenters. The van der Waals surface area contributed by atoms with Gasteiger partial charge < -0.3 is 10.2 Å². The Hall–Kier alpha value is -4.18. The average molecular weight is 392 g/mol. The Kier molecular flexibility index (Phi) is 4.00. The number of Topliss-reactive ketones (excluding diaryl/α,β-unsaturated/α-hetero) is 2. The highest BCUT2D eigenvalue weighted by Crippen LogP contribution is 2.35. The molecule has 0 aromatic heterocycles. The van der Waals surface area contributed by atoms with E-state index < -0.39 is 23.1 Å². The first kappa shape index (κ1) is 17.9. The topological polar surface area (TPSA) is 74.6 Å². The van der Waals surface area contributed by atoms with Crippen LogP contribution in [0.5, 0.6) is 0 Å². The summed E-state index contributed by atoms with van der Waals surface area (Å²) < 4.78 is 0. The summed E-state index contributed by atoms with van der Waals surface area (Å²) >= 11 is 0. The molecule has 30 heavy (non-hydrogen) atoms. The lowest BCUT2D eigenvalue weighted by molar-refractivity contribution is -0.116. The number of rotatable bonds is 2. The van der Waals surface area contributed by atoms with Gasteiger partial charge in [0.05, 0.1) is 11.1 Å². The van der Waals surface area contributed by atoms with Gasteiger partial charge in [0, 0.05) is 0 Å². The van der Waals surface area contributed by atoms with Crippen LogP contribution in [0.3, 0.4) is 0 Å². The highest BCUT2D eigenvalue weighted by atomic mass is 16.3. The second-order valence-corrected chi connectivity index (χ2v) is 7.23. The molecular formula is C26H16O4. The van der Waals surface area contributed by atoms with Crippen molar-refractivity contribution < 1.29 is 19.8 Å². The summed E-state index contributed by atoms with van der Waals surface area (Å²) in [6, 6.07) is 25.5. The third-order valence-corrected chi connectivity index (χ3v) is 5.43. The molecule has 4 heteroatoms. The summed E-state index contributed by atoms with van der Waals surface area (Å²) in [6.45, 7) is 0. The molecule has 0 radical (unpaired) electrons. The maximum absolute atomic E-state index is 13.0. The molecule has 0 atom stereocenters.